The second kappa shape index (κ2) is 7.49. The van der Waals surface area contributed by atoms with Gasteiger partial charge in [0, 0.05) is 24.7 Å². The number of carbonyl (C=O) groups is 2. The minimum Gasteiger partial charge on any atom is -0.374 e. The van der Waals surface area contributed by atoms with Crippen LogP contribution in [0.3, 0.4) is 0 Å². The normalized spacial score (nSPS) is 20.2. The van der Waals surface area contributed by atoms with Gasteiger partial charge in [-0.3, -0.25) is 9.59 Å². The molecule has 1 fully saturated rings. The van der Waals surface area contributed by atoms with Gasteiger partial charge in [0.25, 0.3) is 5.91 Å². The zero-order valence-electron chi connectivity index (χ0n) is 14.4. The van der Waals surface area contributed by atoms with Gasteiger partial charge in [-0.15, -0.1) is 0 Å². The molecule has 3 rings (SSSR count). The molecule has 1 heterocycles. The molecule has 0 aromatic heterocycles. The first-order valence-corrected chi connectivity index (χ1v) is 8.40. The Morgan fingerprint density at radius 1 is 1.08 bits per heavy atom. The maximum absolute atomic E-state index is 13.0. The third-order valence-electron chi connectivity index (χ3n) is 4.27. The number of amides is 2. The summed E-state index contributed by atoms with van der Waals surface area (Å²) in [5.41, 5.74) is 2.35. The number of anilines is 1. The Bertz CT molecular complexity index is 743. The number of carbonyl (C=O) groups excluding carboxylic acids is 2. The minimum atomic E-state index is -0.134. The first-order valence-electron chi connectivity index (χ1n) is 8.40. The van der Waals surface area contributed by atoms with Crippen molar-refractivity contribution in [2.75, 3.05) is 18.5 Å². The lowest BCUT2D eigenvalue weighted by Crippen LogP contribution is -2.46. The Hall–Kier alpha value is -2.66. The zero-order valence-corrected chi connectivity index (χ0v) is 14.4. The van der Waals surface area contributed by atoms with Gasteiger partial charge in [0.05, 0.1) is 18.8 Å². The van der Waals surface area contributed by atoms with Crippen molar-refractivity contribution < 1.29 is 14.3 Å². The predicted octanol–water partition coefficient (Wildman–Crippen LogP) is 3.25. The highest BCUT2D eigenvalue weighted by Gasteiger charge is 2.32. The van der Waals surface area contributed by atoms with Crippen molar-refractivity contribution in [2.24, 2.45) is 0 Å². The van der Waals surface area contributed by atoms with E-state index >= 15 is 0 Å². The van der Waals surface area contributed by atoms with Crippen LogP contribution in [0.2, 0.25) is 0 Å². The average molecular weight is 338 g/mol. The first kappa shape index (κ1) is 17.2. The van der Waals surface area contributed by atoms with Crippen molar-refractivity contribution in [2.45, 2.75) is 26.0 Å². The van der Waals surface area contributed by atoms with Crippen LogP contribution in [-0.2, 0) is 9.53 Å². The Labute approximate surface area is 147 Å². The summed E-state index contributed by atoms with van der Waals surface area (Å²) in [4.78, 5) is 26.0. The summed E-state index contributed by atoms with van der Waals surface area (Å²) in [6, 6.07) is 16.8. The Balaban J connectivity index is 1.83. The standard InChI is InChI=1S/C20H22N2O3/c1-14-12-22(19(13-25-14)16-6-4-3-5-7-16)20(24)17-8-10-18(11-9-17)21-15(2)23/h3-11,14,19H,12-13H2,1-2H3,(H,21,23)/t14-,19+/m1/s1. The van der Waals surface area contributed by atoms with Gasteiger partial charge in [0.2, 0.25) is 5.91 Å². The maximum Gasteiger partial charge on any atom is 0.254 e. The smallest absolute Gasteiger partial charge is 0.254 e. The summed E-state index contributed by atoms with van der Waals surface area (Å²) in [5, 5.41) is 2.71. The highest BCUT2D eigenvalue weighted by molar-refractivity contribution is 5.95. The van der Waals surface area contributed by atoms with Crippen molar-refractivity contribution in [3.05, 3.63) is 65.7 Å². The molecule has 2 amide bonds. The van der Waals surface area contributed by atoms with E-state index in [2.05, 4.69) is 5.32 Å². The highest BCUT2D eigenvalue weighted by atomic mass is 16.5. The van der Waals surface area contributed by atoms with Crippen LogP contribution in [0.4, 0.5) is 5.69 Å². The molecule has 1 aliphatic rings. The van der Waals surface area contributed by atoms with Crippen LogP contribution in [-0.4, -0.2) is 36.0 Å². The van der Waals surface area contributed by atoms with E-state index in [4.69, 9.17) is 4.74 Å². The van der Waals surface area contributed by atoms with Crippen LogP contribution in [0, 0.1) is 0 Å². The van der Waals surface area contributed by atoms with Crippen LogP contribution in [0.5, 0.6) is 0 Å². The number of nitrogens with one attached hydrogen (secondary N) is 1. The molecule has 0 unspecified atom stereocenters. The van der Waals surface area contributed by atoms with Gasteiger partial charge >= 0.3 is 0 Å². The fourth-order valence-electron chi connectivity index (χ4n) is 3.04. The monoisotopic (exact) mass is 338 g/mol. The van der Waals surface area contributed by atoms with Gasteiger partial charge in [-0.1, -0.05) is 30.3 Å². The molecule has 1 aliphatic heterocycles. The third kappa shape index (κ3) is 4.06. The molecular weight excluding hydrogens is 316 g/mol. The molecule has 130 valence electrons. The van der Waals surface area contributed by atoms with Crippen LogP contribution in [0.15, 0.2) is 54.6 Å². The van der Waals surface area contributed by atoms with Gasteiger partial charge in [-0.2, -0.15) is 0 Å². The molecule has 0 radical (unpaired) electrons. The molecule has 1 N–H and O–H groups in total. The van der Waals surface area contributed by atoms with Gasteiger partial charge in [0.1, 0.15) is 0 Å². The fraction of sp³-hybridized carbons (Fsp3) is 0.300. The highest BCUT2D eigenvalue weighted by Crippen LogP contribution is 2.28. The summed E-state index contributed by atoms with van der Waals surface area (Å²) >= 11 is 0. The van der Waals surface area contributed by atoms with Gasteiger partial charge in [-0.05, 0) is 36.8 Å². The number of rotatable bonds is 3. The van der Waals surface area contributed by atoms with Crippen LogP contribution < -0.4 is 5.32 Å². The lowest BCUT2D eigenvalue weighted by atomic mass is 10.0. The zero-order chi connectivity index (χ0) is 17.8. The van der Waals surface area contributed by atoms with Crippen molar-refractivity contribution in [1.29, 1.82) is 0 Å². The molecule has 25 heavy (non-hydrogen) atoms. The largest absolute Gasteiger partial charge is 0.374 e. The van der Waals surface area contributed by atoms with E-state index in [0.717, 1.165) is 5.56 Å². The number of morpholine rings is 1. The number of hydrogen-bond acceptors (Lipinski definition) is 3. The van der Waals surface area contributed by atoms with Crippen molar-refractivity contribution in [3.8, 4) is 0 Å². The molecule has 0 aliphatic carbocycles. The van der Waals surface area contributed by atoms with Crippen LogP contribution in [0.1, 0.15) is 35.8 Å². The Morgan fingerprint density at radius 2 is 1.76 bits per heavy atom. The lowest BCUT2D eigenvalue weighted by Gasteiger charge is -2.39. The predicted molar refractivity (Wildman–Crippen MR) is 96.4 cm³/mol. The second-order valence-corrected chi connectivity index (χ2v) is 6.29. The van der Waals surface area contributed by atoms with E-state index in [-0.39, 0.29) is 24.0 Å². The van der Waals surface area contributed by atoms with Crippen molar-refractivity contribution in [1.82, 2.24) is 4.90 Å². The molecule has 0 spiro atoms. The summed E-state index contributed by atoms with van der Waals surface area (Å²) in [6.45, 7) is 4.47. The molecule has 0 bridgehead atoms. The van der Waals surface area contributed by atoms with Gasteiger partial charge in [0.15, 0.2) is 0 Å². The molecule has 5 nitrogen and oxygen atoms in total. The molecule has 2 atom stereocenters. The Morgan fingerprint density at radius 3 is 2.40 bits per heavy atom. The SMILES string of the molecule is CC(=O)Nc1ccc(C(=O)N2C[C@@H](C)OC[C@H]2c2ccccc2)cc1. The lowest BCUT2D eigenvalue weighted by molar-refractivity contribution is -0.114. The number of nitrogens with zero attached hydrogens (tertiary/aromatic N) is 1. The summed E-state index contributed by atoms with van der Waals surface area (Å²) in [6.07, 6.45) is 0.00238. The quantitative estimate of drug-likeness (QED) is 0.934. The number of hydrogen-bond donors (Lipinski definition) is 1. The second-order valence-electron chi connectivity index (χ2n) is 6.29. The molecular formula is C20H22N2O3. The molecule has 1 saturated heterocycles. The van der Waals surface area contributed by atoms with Crippen LogP contribution >= 0.6 is 0 Å². The van der Waals surface area contributed by atoms with Crippen molar-refractivity contribution >= 4 is 17.5 Å². The van der Waals surface area contributed by atoms with Gasteiger partial charge in [-0.25, -0.2) is 0 Å². The first-order chi connectivity index (χ1) is 12.0. The van der Waals surface area contributed by atoms with Gasteiger partial charge < -0.3 is 15.0 Å². The molecule has 2 aromatic carbocycles. The third-order valence-corrected chi connectivity index (χ3v) is 4.27. The van der Waals surface area contributed by atoms with E-state index in [9.17, 15) is 9.59 Å². The van der Waals surface area contributed by atoms with E-state index in [0.29, 0.717) is 24.4 Å². The molecule has 2 aromatic rings. The minimum absolute atomic E-state index is 0.00238. The summed E-state index contributed by atoms with van der Waals surface area (Å²) in [7, 11) is 0. The molecule has 5 heteroatoms. The maximum atomic E-state index is 13.0. The van der Waals surface area contributed by atoms with E-state index in [1.807, 2.05) is 42.2 Å². The van der Waals surface area contributed by atoms with E-state index < -0.39 is 0 Å². The average Bonchev–Trinajstić information content (AvgIpc) is 2.62. The molecule has 0 saturated carbocycles. The Kier molecular flexibility index (Phi) is 5.14. The number of benzene rings is 2. The number of ether oxygens (including phenoxy) is 1. The summed E-state index contributed by atoms with van der Waals surface area (Å²) < 4.78 is 5.78. The topological polar surface area (TPSA) is 58.6 Å². The van der Waals surface area contributed by atoms with Crippen LogP contribution in [0.25, 0.3) is 0 Å². The fourth-order valence-corrected chi connectivity index (χ4v) is 3.04. The summed E-state index contributed by atoms with van der Waals surface area (Å²) in [5.74, 6) is -0.163. The van der Waals surface area contributed by atoms with E-state index in [1.165, 1.54) is 6.92 Å². The van der Waals surface area contributed by atoms with Crippen molar-refractivity contribution in [3.63, 3.8) is 0 Å². The van der Waals surface area contributed by atoms with E-state index in [1.54, 1.807) is 24.3 Å².